The second-order valence-corrected chi connectivity index (χ2v) is 5.13. The Hall–Kier alpha value is -1.59. The molecule has 0 atom stereocenters. The first kappa shape index (κ1) is 15.5. The molecule has 1 aromatic rings. The first-order valence-corrected chi connectivity index (χ1v) is 6.27. The number of carbonyl (C=O) groups excluding carboxylic acids is 1. The zero-order valence-corrected chi connectivity index (χ0v) is 11.7. The predicted molar refractivity (Wildman–Crippen MR) is 75.0 cm³/mol. The molecule has 0 fully saturated rings. The highest BCUT2D eigenvalue weighted by Crippen LogP contribution is 2.10. The van der Waals surface area contributed by atoms with Crippen molar-refractivity contribution in [3.8, 4) is 0 Å². The average Bonchev–Trinajstić information content (AvgIpc) is 2.34. The topological polar surface area (TPSA) is 73.6 Å². The van der Waals surface area contributed by atoms with E-state index in [1.54, 1.807) is 6.07 Å². The zero-order chi connectivity index (χ0) is 14.3. The maximum Gasteiger partial charge on any atom is 0.411 e. The van der Waals surface area contributed by atoms with Crippen molar-refractivity contribution in [1.82, 2.24) is 0 Å². The van der Waals surface area contributed by atoms with Gasteiger partial charge in [0.2, 0.25) is 0 Å². The van der Waals surface area contributed by atoms with Crippen molar-refractivity contribution in [2.75, 3.05) is 18.5 Å². The Morgan fingerprint density at radius 1 is 1.32 bits per heavy atom. The Balaban J connectivity index is 2.31. The minimum absolute atomic E-state index is 0.222. The summed E-state index contributed by atoms with van der Waals surface area (Å²) >= 11 is 0. The maximum absolute atomic E-state index is 11.5. The van der Waals surface area contributed by atoms with Gasteiger partial charge in [-0.3, -0.25) is 5.32 Å². The fourth-order valence-electron chi connectivity index (χ4n) is 1.41. The molecule has 0 aromatic heterocycles. The summed E-state index contributed by atoms with van der Waals surface area (Å²) in [5.41, 5.74) is 6.92. The van der Waals surface area contributed by atoms with Gasteiger partial charge < -0.3 is 15.2 Å². The molecule has 0 aliphatic rings. The number of nitrogens with two attached hydrogens (primary N) is 1. The van der Waals surface area contributed by atoms with Crippen molar-refractivity contribution < 1.29 is 14.3 Å². The second kappa shape index (κ2) is 7.11. The van der Waals surface area contributed by atoms with Gasteiger partial charge >= 0.3 is 6.09 Å². The number of hydrogen-bond donors (Lipinski definition) is 2. The number of carbonyl (C=O) groups is 1. The van der Waals surface area contributed by atoms with Gasteiger partial charge in [-0.15, -0.1) is 0 Å². The van der Waals surface area contributed by atoms with Gasteiger partial charge in [0.15, 0.2) is 0 Å². The number of anilines is 1. The van der Waals surface area contributed by atoms with E-state index in [0.29, 0.717) is 18.8 Å². The van der Waals surface area contributed by atoms with E-state index in [-0.39, 0.29) is 12.2 Å². The maximum atomic E-state index is 11.5. The van der Waals surface area contributed by atoms with Gasteiger partial charge in [0, 0.05) is 12.2 Å². The minimum Gasteiger partial charge on any atom is -0.447 e. The molecule has 0 radical (unpaired) electrons. The van der Waals surface area contributed by atoms with E-state index in [1.165, 1.54) is 0 Å². The van der Waals surface area contributed by atoms with Crippen LogP contribution in [0.25, 0.3) is 0 Å². The summed E-state index contributed by atoms with van der Waals surface area (Å²) < 4.78 is 10.5. The standard InChI is InChI=1S/C14H22N2O3/c1-14(2,3)19-8-7-18-13(17)16-12-6-4-5-11(9-12)10-15/h4-6,9H,7-8,10,15H2,1-3H3,(H,16,17). The van der Waals surface area contributed by atoms with Gasteiger partial charge in [0.05, 0.1) is 12.2 Å². The summed E-state index contributed by atoms with van der Waals surface area (Å²) in [6, 6.07) is 7.33. The summed E-state index contributed by atoms with van der Waals surface area (Å²) in [5.74, 6) is 0. The molecular formula is C14H22N2O3. The quantitative estimate of drug-likeness (QED) is 0.803. The van der Waals surface area contributed by atoms with Crippen LogP contribution in [0, 0.1) is 0 Å². The molecule has 19 heavy (non-hydrogen) atoms. The van der Waals surface area contributed by atoms with E-state index >= 15 is 0 Å². The van der Waals surface area contributed by atoms with Crippen LogP contribution in [-0.2, 0) is 16.0 Å². The highest BCUT2D eigenvalue weighted by molar-refractivity contribution is 5.84. The monoisotopic (exact) mass is 266 g/mol. The first-order chi connectivity index (χ1) is 8.90. The van der Waals surface area contributed by atoms with E-state index in [9.17, 15) is 4.79 Å². The molecule has 1 aromatic carbocycles. The van der Waals surface area contributed by atoms with Crippen molar-refractivity contribution >= 4 is 11.8 Å². The number of hydrogen-bond acceptors (Lipinski definition) is 4. The largest absolute Gasteiger partial charge is 0.447 e. The van der Waals surface area contributed by atoms with Crippen LogP contribution in [0.4, 0.5) is 10.5 Å². The summed E-state index contributed by atoms with van der Waals surface area (Å²) in [7, 11) is 0. The van der Waals surface area contributed by atoms with Crippen molar-refractivity contribution in [2.24, 2.45) is 5.73 Å². The smallest absolute Gasteiger partial charge is 0.411 e. The van der Waals surface area contributed by atoms with Gasteiger partial charge in [0.25, 0.3) is 0 Å². The van der Waals surface area contributed by atoms with Gasteiger partial charge in [-0.25, -0.2) is 4.79 Å². The van der Waals surface area contributed by atoms with Crippen LogP contribution in [0.3, 0.4) is 0 Å². The van der Waals surface area contributed by atoms with Crippen LogP contribution in [0.5, 0.6) is 0 Å². The Morgan fingerprint density at radius 3 is 2.68 bits per heavy atom. The third kappa shape index (κ3) is 6.79. The molecule has 0 unspecified atom stereocenters. The van der Waals surface area contributed by atoms with Gasteiger partial charge in [-0.05, 0) is 38.5 Å². The van der Waals surface area contributed by atoms with E-state index in [1.807, 2.05) is 39.0 Å². The van der Waals surface area contributed by atoms with Crippen LogP contribution in [0.15, 0.2) is 24.3 Å². The summed E-state index contributed by atoms with van der Waals surface area (Å²) in [6.45, 7) is 6.88. The lowest BCUT2D eigenvalue weighted by atomic mass is 10.2. The lowest BCUT2D eigenvalue weighted by Crippen LogP contribution is -2.23. The Kier molecular flexibility index (Phi) is 5.79. The molecular weight excluding hydrogens is 244 g/mol. The third-order valence-corrected chi connectivity index (χ3v) is 2.26. The lowest BCUT2D eigenvalue weighted by molar-refractivity contribution is -0.0218. The van der Waals surface area contributed by atoms with Crippen molar-refractivity contribution in [3.05, 3.63) is 29.8 Å². The first-order valence-electron chi connectivity index (χ1n) is 6.27. The molecule has 1 amide bonds. The average molecular weight is 266 g/mol. The number of ether oxygens (including phenoxy) is 2. The molecule has 5 nitrogen and oxygen atoms in total. The highest BCUT2D eigenvalue weighted by atomic mass is 16.6. The molecule has 0 spiro atoms. The zero-order valence-electron chi connectivity index (χ0n) is 11.7. The SMILES string of the molecule is CC(C)(C)OCCOC(=O)Nc1cccc(CN)c1. The summed E-state index contributed by atoms with van der Waals surface area (Å²) in [6.07, 6.45) is -0.494. The van der Waals surface area contributed by atoms with Gasteiger partial charge in [0.1, 0.15) is 6.61 Å². The van der Waals surface area contributed by atoms with Crippen molar-refractivity contribution in [2.45, 2.75) is 32.9 Å². The fourth-order valence-corrected chi connectivity index (χ4v) is 1.41. The Labute approximate surface area is 114 Å². The molecule has 3 N–H and O–H groups in total. The molecule has 0 aliphatic carbocycles. The van der Waals surface area contributed by atoms with Crippen LogP contribution >= 0.6 is 0 Å². The van der Waals surface area contributed by atoms with E-state index in [4.69, 9.17) is 15.2 Å². The van der Waals surface area contributed by atoms with Crippen molar-refractivity contribution in [1.29, 1.82) is 0 Å². The minimum atomic E-state index is -0.494. The van der Waals surface area contributed by atoms with Crippen LogP contribution in [-0.4, -0.2) is 24.9 Å². The molecule has 5 heteroatoms. The van der Waals surface area contributed by atoms with Gasteiger partial charge in [-0.1, -0.05) is 12.1 Å². The number of amides is 1. The Bertz CT molecular complexity index is 413. The molecule has 0 saturated carbocycles. The number of nitrogens with one attached hydrogen (secondary N) is 1. The second-order valence-electron chi connectivity index (χ2n) is 5.13. The van der Waals surface area contributed by atoms with Crippen LogP contribution in [0.1, 0.15) is 26.3 Å². The normalized spacial score (nSPS) is 11.2. The molecule has 1 rings (SSSR count). The molecule has 0 bridgehead atoms. The van der Waals surface area contributed by atoms with E-state index in [2.05, 4.69) is 5.32 Å². The predicted octanol–water partition coefficient (Wildman–Crippen LogP) is 2.51. The summed E-state index contributed by atoms with van der Waals surface area (Å²) in [5, 5.41) is 2.64. The molecule has 0 heterocycles. The van der Waals surface area contributed by atoms with E-state index in [0.717, 1.165) is 5.56 Å². The Morgan fingerprint density at radius 2 is 2.05 bits per heavy atom. The van der Waals surface area contributed by atoms with Crippen LogP contribution in [0.2, 0.25) is 0 Å². The number of benzene rings is 1. The fraction of sp³-hybridized carbons (Fsp3) is 0.500. The number of rotatable bonds is 5. The van der Waals surface area contributed by atoms with Gasteiger partial charge in [-0.2, -0.15) is 0 Å². The third-order valence-electron chi connectivity index (χ3n) is 2.26. The lowest BCUT2D eigenvalue weighted by Gasteiger charge is -2.19. The van der Waals surface area contributed by atoms with E-state index < -0.39 is 6.09 Å². The van der Waals surface area contributed by atoms with Crippen molar-refractivity contribution in [3.63, 3.8) is 0 Å². The molecule has 106 valence electrons. The molecule has 0 saturated heterocycles. The van der Waals surface area contributed by atoms with Crippen LogP contribution < -0.4 is 11.1 Å². The molecule has 0 aliphatic heterocycles. The summed E-state index contributed by atoms with van der Waals surface area (Å²) in [4.78, 5) is 11.5. The highest BCUT2D eigenvalue weighted by Gasteiger charge is 2.10.